The number of nitrogens with zero attached hydrogens (tertiary/aromatic N) is 3. The molecule has 18 heavy (non-hydrogen) atoms. The van der Waals surface area contributed by atoms with Gasteiger partial charge < -0.3 is 10.6 Å². The van der Waals surface area contributed by atoms with Crippen molar-refractivity contribution < 1.29 is 0 Å². The molecule has 2 heterocycles. The van der Waals surface area contributed by atoms with E-state index >= 15 is 0 Å². The quantitative estimate of drug-likeness (QED) is 0.884. The summed E-state index contributed by atoms with van der Waals surface area (Å²) >= 11 is 1.72. The monoisotopic (exact) mass is 268 g/mol. The van der Waals surface area contributed by atoms with Crippen molar-refractivity contribution in [3.8, 4) is 0 Å². The van der Waals surface area contributed by atoms with E-state index in [4.69, 9.17) is 5.73 Å². The molecule has 4 nitrogen and oxygen atoms in total. The highest BCUT2D eigenvalue weighted by atomic mass is 32.1. The fourth-order valence-electron chi connectivity index (χ4n) is 2.39. The van der Waals surface area contributed by atoms with Gasteiger partial charge in [0.25, 0.3) is 0 Å². The summed E-state index contributed by atoms with van der Waals surface area (Å²) in [6.45, 7) is 9.72. The SMILES string of the molecule is CCC(N)(CC)CN1CCN(c2nccs2)CC1. The normalized spacial score (nSPS) is 18.3. The zero-order valence-electron chi connectivity index (χ0n) is 11.4. The van der Waals surface area contributed by atoms with Gasteiger partial charge in [0.1, 0.15) is 0 Å². The fraction of sp³-hybridized carbons (Fsp3) is 0.769. The van der Waals surface area contributed by atoms with Crippen LogP contribution in [0.2, 0.25) is 0 Å². The average molecular weight is 268 g/mol. The summed E-state index contributed by atoms with van der Waals surface area (Å²) in [4.78, 5) is 9.24. The van der Waals surface area contributed by atoms with Crippen LogP contribution in [0.15, 0.2) is 11.6 Å². The summed E-state index contributed by atoms with van der Waals surface area (Å²) < 4.78 is 0. The van der Waals surface area contributed by atoms with Gasteiger partial charge in [-0.1, -0.05) is 13.8 Å². The number of thiazole rings is 1. The van der Waals surface area contributed by atoms with Gasteiger partial charge in [-0.3, -0.25) is 4.90 Å². The number of hydrogen-bond acceptors (Lipinski definition) is 5. The van der Waals surface area contributed by atoms with Crippen LogP contribution in [-0.4, -0.2) is 48.1 Å². The Morgan fingerprint density at radius 2 is 1.94 bits per heavy atom. The van der Waals surface area contributed by atoms with Gasteiger partial charge >= 0.3 is 0 Å². The van der Waals surface area contributed by atoms with Gasteiger partial charge in [-0.25, -0.2) is 4.98 Å². The molecule has 0 amide bonds. The lowest BCUT2D eigenvalue weighted by atomic mass is 9.93. The van der Waals surface area contributed by atoms with Crippen LogP contribution in [0.25, 0.3) is 0 Å². The van der Waals surface area contributed by atoms with Gasteiger partial charge in [-0.05, 0) is 12.8 Å². The number of hydrogen-bond donors (Lipinski definition) is 1. The number of anilines is 1. The van der Waals surface area contributed by atoms with E-state index in [9.17, 15) is 0 Å². The predicted octanol–water partition coefficient (Wildman–Crippen LogP) is 1.78. The minimum atomic E-state index is -0.0106. The summed E-state index contributed by atoms with van der Waals surface area (Å²) in [6.07, 6.45) is 3.98. The second kappa shape index (κ2) is 5.99. The first kappa shape index (κ1) is 13.8. The van der Waals surface area contributed by atoms with Crippen molar-refractivity contribution >= 4 is 16.5 Å². The molecule has 1 aromatic rings. The molecule has 0 radical (unpaired) electrons. The largest absolute Gasteiger partial charge is 0.346 e. The summed E-state index contributed by atoms with van der Waals surface area (Å²) in [5, 5.41) is 3.19. The van der Waals surface area contributed by atoms with Gasteiger partial charge in [0.2, 0.25) is 0 Å². The first-order valence-electron chi connectivity index (χ1n) is 6.82. The maximum absolute atomic E-state index is 6.39. The molecule has 1 fully saturated rings. The van der Waals surface area contributed by atoms with Crippen LogP contribution >= 0.6 is 11.3 Å². The van der Waals surface area contributed by atoms with E-state index in [0.717, 1.165) is 50.7 Å². The predicted molar refractivity (Wildman–Crippen MR) is 78.3 cm³/mol. The van der Waals surface area contributed by atoms with Crippen LogP contribution < -0.4 is 10.6 Å². The molecule has 0 bridgehead atoms. The Morgan fingerprint density at radius 1 is 1.28 bits per heavy atom. The van der Waals surface area contributed by atoms with E-state index in [1.807, 2.05) is 11.6 Å². The Balaban J connectivity index is 1.83. The molecule has 0 aromatic carbocycles. The molecule has 0 atom stereocenters. The van der Waals surface area contributed by atoms with E-state index in [2.05, 4.69) is 28.6 Å². The Hall–Kier alpha value is -0.650. The van der Waals surface area contributed by atoms with Crippen molar-refractivity contribution in [3.05, 3.63) is 11.6 Å². The van der Waals surface area contributed by atoms with Crippen molar-refractivity contribution in [2.45, 2.75) is 32.2 Å². The molecule has 102 valence electrons. The molecule has 0 aliphatic carbocycles. The van der Waals surface area contributed by atoms with Gasteiger partial charge in [-0.2, -0.15) is 0 Å². The molecule has 1 aliphatic rings. The number of nitrogens with two attached hydrogens (primary N) is 1. The molecule has 1 aromatic heterocycles. The molecule has 5 heteroatoms. The van der Waals surface area contributed by atoms with Gasteiger partial charge in [0.05, 0.1) is 0 Å². The summed E-state index contributed by atoms with van der Waals surface area (Å²) in [5.41, 5.74) is 6.38. The van der Waals surface area contributed by atoms with Crippen LogP contribution in [0.4, 0.5) is 5.13 Å². The van der Waals surface area contributed by atoms with Crippen molar-refractivity contribution in [1.82, 2.24) is 9.88 Å². The molecule has 1 saturated heterocycles. The van der Waals surface area contributed by atoms with Gasteiger partial charge in [-0.15, -0.1) is 11.3 Å². The highest BCUT2D eigenvalue weighted by Gasteiger charge is 2.26. The first-order chi connectivity index (χ1) is 8.67. The van der Waals surface area contributed by atoms with E-state index in [0.29, 0.717) is 0 Å². The van der Waals surface area contributed by atoms with Crippen LogP contribution in [0.1, 0.15) is 26.7 Å². The molecular formula is C13H24N4S. The smallest absolute Gasteiger partial charge is 0.185 e. The summed E-state index contributed by atoms with van der Waals surface area (Å²) in [7, 11) is 0. The average Bonchev–Trinajstić information content (AvgIpc) is 2.93. The minimum Gasteiger partial charge on any atom is -0.346 e. The Kier molecular flexibility index (Phi) is 4.59. The maximum Gasteiger partial charge on any atom is 0.185 e. The molecular weight excluding hydrogens is 244 g/mol. The lowest BCUT2D eigenvalue weighted by molar-refractivity contribution is 0.190. The third-order valence-corrected chi connectivity index (χ3v) is 4.84. The second-order valence-electron chi connectivity index (χ2n) is 5.15. The van der Waals surface area contributed by atoms with Gasteiger partial charge in [0.15, 0.2) is 5.13 Å². The number of piperazine rings is 1. The molecule has 0 spiro atoms. The van der Waals surface area contributed by atoms with E-state index in [1.165, 1.54) is 0 Å². The standard InChI is InChI=1S/C13H24N4S/c1-3-13(14,4-2)11-16-6-8-17(9-7-16)12-15-5-10-18-12/h5,10H,3-4,6-9,11,14H2,1-2H3. The number of aromatic nitrogens is 1. The second-order valence-corrected chi connectivity index (χ2v) is 6.02. The van der Waals surface area contributed by atoms with Crippen LogP contribution in [0.3, 0.4) is 0 Å². The lowest BCUT2D eigenvalue weighted by Gasteiger charge is -2.39. The Labute approximate surface area is 114 Å². The fourth-order valence-corrected chi connectivity index (χ4v) is 3.09. The third kappa shape index (κ3) is 3.22. The Bertz CT molecular complexity index is 340. The molecule has 1 aliphatic heterocycles. The third-order valence-electron chi connectivity index (χ3n) is 4.01. The van der Waals surface area contributed by atoms with E-state index in [-0.39, 0.29) is 5.54 Å². The minimum absolute atomic E-state index is 0.0106. The Morgan fingerprint density at radius 3 is 2.44 bits per heavy atom. The zero-order chi connectivity index (χ0) is 13.0. The molecule has 2 N–H and O–H groups in total. The van der Waals surface area contributed by atoms with Crippen molar-refractivity contribution in [1.29, 1.82) is 0 Å². The summed E-state index contributed by atoms with van der Waals surface area (Å²) in [6, 6.07) is 0. The number of rotatable bonds is 5. The van der Waals surface area contributed by atoms with E-state index in [1.54, 1.807) is 11.3 Å². The topological polar surface area (TPSA) is 45.4 Å². The molecule has 0 unspecified atom stereocenters. The molecule has 0 saturated carbocycles. The lowest BCUT2D eigenvalue weighted by Crippen LogP contribution is -2.55. The van der Waals surface area contributed by atoms with Crippen LogP contribution in [0, 0.1) is 0 Å². The maximum atomic E-state index is 6.39. The zero-order valence-corrected chi connectivity index (χ0v) is 12.2. The van der Waals surface area contributed by atoms with Crippen LogP contribution in [0.5, 0.6) is 0 Å². The highest BCUT2D eigenvalue weighted by molar-refractivity contribution is 7.13. The van der Waals surface area contributed by atoms with Crippen molar-refractivity contribution in [3.63, 3.8) is 0 Å². The first-order valence-corrected chi connectivity index (χ1v) is 7.70. The van der Waals surface area contributed by atoms with Crippen molar-refractivity contribution in [2.75, 3.05) is 37.6 Å². The van der Waals surface area contributed by atoms with E-state index < -0.39 is 0 Å². The van der Waals surface area contributed by atoms with Crippen molar-refractivity contribution in [2.24, 2.45) is 5.73 Å². The van der Waals surface area contributed by atoms with Crippen LogP contribution in [-0.2, 0) is 0 Å². The van der Waals surface area contributed by atoms with Gasteiger partial charge in [0, 0.05) is 49.8 Å². The molecule has 2 rings (SSSR count). The summed E-state index contributed by atoms with van der Waals surface area (Å²) in [5.74, 6) is 0. The highest BCUT2D eigenvalue weighted by Crippen LogP contribution is 2.20.